The summed E-state index contributed by atoms with van der Waals surface area (Å²) in [6.07, 6.45) is 5.80. The Morgan fingerprint density at radius 1 is 1.07 bits per heavy atom. The van der Waals surface area contributed by atoms with Crippen LogP contribution in [0.3, 0.4) is 0 Å². The molecule has 158 valence electrons. The zero-order valence-corrected chi connectivity index (χ0v) is 20.2. The minimum atomic E-state index is -3.74. The van der Waals surface area contributed by atoms with E-state index in [0.717, 1.165) is 38.2 Å². The molecule has 0 fully saturated rings. The summed E-state index contributed by atoms with van der Waals surface area (Å²) in [5.41, 5.74) is 2.71. The van der Waals surface area contributed by atoms with Gasteiger partial charge in [-0.1, -0.05) is 47.1 Å². The van der Waals surface area contributed by atoms with Crippen molar-refractivity contribution in [2.24, 2.45) is 0 Å². The molecule has 3 aromatic rings. The van der Waals surface area contributed by atoms with Crippen molar-refractivity contribution >= 4 is 37.7 Å². The van der Waals surface area contributed by atoms with E-state index in [0.29, 0.717) is 0 Å². The smallest absolute Gasteiger partial charge is 0.243 e. The van der Waals surface area contributed by atoms with E-state index in [9.17, 15) is 8.42 Å². The van der Waals surface area contributed by atoms with Crippen LogP contribution in [-0.4, -0.2) is 28.4 Å². The number of benzene rings is 2. The van der Waals surface area contributed by atoms with Crippen LogP contribution < -0.4 is 0 Å². The van der Waals surface area contributed by atoms with E-state index in [-0.39, 0.29) is 18.0 Å². The van der Waals surface area contributed by atoms with Crippen molar-refractivity contribution in [1.29, 1.82) is 0 Å². The van der Waals surface area contributed by atoms with Crippen molar-refractivity contribution in [1.82, 2.24) is 14.3 Å². The standard InChI is InChI=1S/C22H24BrN3O2S2/c1-3-10-29-22-7-5-4-6-19(22)15-26(14-18-12-24-16-25-13-18)30(27,28)20-9-8-17(2)21(23)11-20/h4-9,11-13,16H,3,10,14-15H2,1-2H3. The molecule has 30 heavy (non-hydrogen) atoms. The van der Waals surface area contributed by atoms with Gasteiger partial charge in [-0.05, 0) is 48.4 Å². The van der Waals surface area contributed by atoms with Crippen LogP contribution in [0.1, 0.15) is 30.0 Å². The maximum atomic E-state index is 13.6. The Labute approximate surface area is 191 Å². The second-order valence-electron chi connectivity index (χ2n) is 6.89. The molecule has 0 N–H and O–H groups in total. The monoisotopic (exact) mass is 505 g/mol. The van der Waals surface area contributed by atoms with Crippen molar-refractivity contribution in [3.05, 3.63) is 82.3 Å². The van der Waals surface area contributed by atoms with Crippen molar-refractivity contribution < 1.29 is 8.42 Å². The number of halogens is 1. The van der Waals surface area contributed by atoms with Gasteiger partial charge in [-0.25, -0.2) is 18.4 Å². The van der Waals surface area contributed by atoms with Crippen LogP contribution in [0, 0.1) is 6.92 Å². The first-order valence-electron chi connectivity index (χ1n) is 9.62. The number of sulfonamides is 1. The Bertz CT molecular complexity index is 1090. The summed E-state index contributed by atoms with van der Waals surface area (Å²) < 4.78 is 29.4. The molecule has 0 aliphatic carbocycles. The van der Waals surface area contributed by atoms with E-state index >= 15 is 0 Å². The molecule has 2 aromatic carbocycles. The van der Waals surface area contributed by atoms with Gasteiger partial charge in [-0.3, -0.25) is 0 Å². The maximum absolute atomic E-state index is 13.6. The Hall–Kier alpha value is -1.74. The lowest BCUT2D eigenvalue weighted by Gasteiger charge is -2.24. The molecule has 0 bridgehead atoms. The van der Waals surface area contributed by atoms with Crippen LogP contribution >= 0.6 is 27.7 Å². The quantitative estimate of drug-likeness (QED) is 0.362. The highest BCUT2D eigenvalue weighted by Crippen LogP contribution is 2.29. The Morgan fingerprint density at radius 2 is 1.80 bits per heavy atom. The SMILES string of the molecule is CCCSc1ccccc1CN(Cc1cncnc1)S(=O)(=O)c1ccc(C)c(Br)c1. The minimum absolute atomic E-state index is 0.196. The van der Waals surface area contributed by atoms with Gasteiger partial charge >= 0.3 is 0 Å². The van der Waals surface area contributed by atoms with Crippen molar-refractivity contribution in [2.75, 3.05) is 5.75 Å². The average Bonchev–Trinajstić information content (AvgIpc) is 2.75. The largest absolute Gasteiger partial charge is 0.244 e. The molecule has 0 saturated heterocycles. The molecule has 3 rings (SSSR count). The molecule has 1 heterocycles. The van der Waals surface area contributed by atoms with Gasteiger partial charge in [0.1, 0.15) is 6.33 Å². The topological polar surface area (TPSA) is 63.2 Å². The third kappa shape index (κ3) is 5.69. The van der Waals surface area contributed by atoms with Crippen LogP contribution in [-0.2, 0) is 23.1 Å². The van der Waals surface area contributed by atoms with Crippen LogP contribution in [0.5, 0.6) is 0 Å². The van der Waals surface area contributed by atoms with E-state index < -0.39 is 10.0 Å². The van der Waals surface area contributed by atoms with Gasteiger partial charge in [0, 0.05) is 40.4 Å². The van der Waals surface area contributed by atoms with Crippen molar-refractivity contribution in [3.63, 3.8) is 0 Å². The number of rotatable bonds is 9. The molecule has 0 spiro atoms. The zero-order chi connectivity index (χ0) is 21.6. The highest BCUT2D eigenvalue weighted by molar-refractivity contribution is 9.10. The minimum Gasteiger partial charge on any atom is -0.244 e. The molecule has 0 unspecified atom stereocenters. The number of aromatic nitrogens is 2. The predicted octanol–water partition coefficient (Wildman–Crippen LogP) is 5.44. The fourth-order valence-electron chi connectivity index (χ4n) is 2.90. The number of thioether (sulfide) groups is 1. The first-order valence-corrected chi connectivity index (χ1v) is 12.8. The molecule has 0 radical (unpaired) electrons. The summed E-state index contributed by atoms with van der Waals surface area (Å²) in [7, 11) is -3.74. The summed E-state index contributed by atoms with van der Waals surface area (Å²) in [5.74, 6) is 0.987. The molecule has 0 atom stereocenters. The highest BCUT2D eigenvalue weighted by atomic mass is 79.9. The lowest BCUT2D eigenvalue weighted by molar-refractivity contribution is 0.397. The normalized spacial score (nSPS) is 11.7. The molecule has 0 aliphatic heterocycles. The lowest BCUT2D eigenvalue weighted by Crippen LogP contribution is -2.30. The fraction of sp³-hybridized carbons (Fsp3) is 0.273. The summed E-state index contributed by atoms with van der Waals surface area (Å²) >= 11 is 5.21. The predicted molar refractivity (Wildman–Crippen MR) is 125 cm³/mol. The molecule has 1 aromatic heterocycles. The third-order valence-corrected chi connectivity index (χ3v) is 8.50. The molecule has 8 heteroatoms. The number of nitrogens with zero attached hydrogens (tertiary/aromatic N) is 3. The van der Waals surface area contributed by atoms with E-state index in [1.165, 1.54) is 10.6 Å². The summed E-state index contributed by atoms with van der Waals surface area (Å²) in [5, 5.41) is 0. The molecule has 0 amide bonds. The first-order chi connectivity index (χ1) is 14.4. The summed E-state index contributed by atoms with van der Waals surface area (Å²) in [4.78, 5) is 9.44. The van der Waals surface area contributed by atoms with Gasteiger partial charge in [0.2, 0.25) is 10.0 Å². The zero-order valence-electron chi connectivity index (χ0n) is 17.0. The Balaban J connectivity index is 2.00. The number of hydrogen-bond acceptors (Lipinski definition) is 5. The van der Waals surface area contributed by atoms with E-state index in [1.54, 1.807) is 36.3 Å². The molecule has 0 saturated carbocycles. The highest BCUT2D eigenvalue weighted by Gasteiger charge is 2.26. The molecule has 0 aliphatic rings. The van der Waals surface area contributed by atoms with Gasteiger partial charge in [0.05, 0.1) is 4.90 Å². The van der Waals surface area contributed by atoms with Crippen LogP contribution in [0.25, 0.3) is 0 Å². The van der Waals surface area contributed by atoms with Gasteiger partial charge in [0.25, 0.3) is 0 Å². The summed E-state index contributed by atoms with van der Waals surface area (Å²) in [6.45, 7) is 4.54. The summed E-state index contributed by atoms with van der Waals surface area (Å²) in [6, 6.07) is 13.1. The second kappa shape index (κ2) is 10.5. The Kier molecular flexibility index (Phi) is 8.05. The van der Waals surface area contributed by atoms with Gasteiger partial charge in [0.15, 0.2) is 0 Å². The number of aryl methyl sites for hydroxylation is 1. The molecular formula is C22H24BrN3O2S2. The van der Waals surface area contributed by atoms with Crippen molar-refractivity contribution in [2.45, 2.75) is 43.1 Å². The third-order valence-electron chi connectivity index (χ3n) is 4.54. The fourth-order valence-corrected chi connectivity index (χ4v) is 5.78. The second-order valence-corrected chi connectivity index (χ2v) is 10.8. The van der Waals surface area contributed by atoms with E-state index in [4.69, 9.17) is 0 Å². The van der Waals surface area contributed by atoms with Crippen molar-refractivity contribution in [3.8, 4) is 0 Å². The van der Waals surface area contributed by atoms with Crippen LogP contribution in [0.15, 0.2) is 75.4 Å². The van der Waals surface area contributed by atoms with Gasteiger partial charge in [-0.2, -0.15) is 4.31 Å². The van der Waals surface area contributed by atoms with Gasteiger partial charge < -0.3 is 0 Å². The van der Waals surface area contributed by atoms with E-state index in [2.05, 4.69) is 38.9 Å². The average molecular weight is 506 g/mol. The molecule has 5 nitrogen and oxygen atoms in total. The van der Waals surface area contributed by atoms with Gasteiger partial charge in [-0.15, -0.1) is 11.8 Å². The van der Waals surface area contributed by atoms with E-state index in [1.807, 2.05) is 31.2 Å². The van der Waals surface area contributed by atoms with Crippen LogP contribution in [0.4, 0.5) is 0 Å². The first kappa shape index (κ1) is 22.9. The Morgan fingerprint density at radius 3 is 2.50 bits per heavy atom. The maximum Gasteiger partial charge on any atom is 0.243 e. The lowest BCUT2D eigenvalue weighted by atomic mass is 10.2. The number of hydrogen-bond donors (Lipinski definition) is 0. The molecular weight excluding hydrogens is 482 g/mol. The van der Waals surface area contributed by atoms with Crippen LogP contribution in [0.2, 0.25) is 0 Å².